The van der Waals surface area contributed by atoms with Crippen LogP contribution in [0.3, 0.4) is 0 Å². The lowest BCUT2D eigenvalue weighted by atomic mass is 9.91. The molecule has 0 N–H and O–H groups in total. The molecule has 1 heterocycles. The molecular formula is C52H35NO. The molecule has 10 aromatic rings. The molecule has 0 saturated carbocycles. The van der Waals surface area contributed by atoms with Crippen LogP contribution in [0.1, 0.15) is 0 Å². The van der Waals surface area contributed by atoms with Crippen LogP contribution in [0.25, 0.3) is 77.2 Å². The average molecular weight is 690 g/mol. The first-order valence-electron chi connectivity index (χ1n) is 18.4. The Morgan fingerprint density at radius 2 is 0.870 bits per heavy atom. The van der Waals surface area contributed by atoms with Crippen LogP contribution in [0, 0.1) is 0 Å². The largest absolute Gasteiger partial charge is 0.456 e. The molecule has 1 aromatic heterocycles. The minimum Gasteiger partial charge on any atom is -0.456 e. The quantitative estimate of drug-likeness (QED) is 0.166. The zero-order chi connectivity index (χ0) is 35.8. The number of para-hydroxylation sites is 1. The van der Waals surface area contributed by atoms with E-state index in [2.05, 4.69) is 217 Å². The van der Waals surface area contributed by atoms with Crippen molar-refractivity contribution in [3.63, 3.8) is 0 Å². The summed E-state index contributed by atoms with van der Waals surface area (Å²) < 4.78 is 6.58. The van der Waals surface area contributed by atoms with E-state index in [1.54, 1.807) is 0 Å². The molecule has 0 aliphatic carbocycles. The predicted molar refractivity (Wildman–Crippen MR) is 228 cm³/mol. The average Bonchev–Trinajstić information content (AvgIpc) is 3.63. The number of benzene rings is 9. The van der Waals surface area contributed by atoms with Gasteiger partial charge in [0.1, 0.15) is 11.2 Å². The monoisotopic (exact) mass is 689 g/mol. The van der Waals surface area contributed by atoms with Gasteiger partial charge in [0.2, 0.25) is 0 Å². The fourth-order valence-electron chi connectivity index (χ4n) is 7.79. The van der Waals surface area contributed by atoms with Crippen molar-refractivity contribution < 1.29 is 4.42 Å². The molecule has 0 aliphatic rings. The number of nitrogens with zero attached hydrogens (tertiary/aromatic N) is 1. The molecule has 0 amide bonds. The first-order chi connectivity index (χ1) is 26.7. The normalized spacial score (nSPS) is 11.3. The minimum absolute atomic E-state index is 0.863. The molecule has 0 aliphatic heterocycles. The Bertz CT molecular complexity index is 2870. The van der Waals surface area contributed by atoms with Crippen molar-refractivity contribution in [1.82, 2.24) is 0 Å². The van der Waals surface area contributed by atoms with Crippen LogP contribution in [-0.4, -0.2) is 0 Å². The highest BCUT2D eigenvalue weighted by Gasteiger charge is 2.19. The Morgan fingerprint density at radius 3 is 1.61 bits per heavy atom. The summed E-state index contributed by atoms with van der Waals surface area (Å²) >= 11 is 0. The predicted octanol–water partition coefficient (Wildman–Crippen LogP) is 14.9. The summed E-state index contributed by atoms with van der Waals surface area (Å²) in [5.74, 6) is 0. The number of furan rings is 1. The zero-order valence-electron chi connectivity index (χ0n) is 29.6. The van der Waals surface area contributed by atoms with Crippen molar-refractivity contribution in [3.8, 4) is 44.5 Å². The number of rotatable bonds is 7. The van der Waals surface area contributed by atoms with E-state index in [0.29, 0.717) is 0 Å². The highest BCUT2D eigenvalue weighted by Crippen LogP contribution is 2.43. The topological polar surface area (TPSA) is 16.4 Å². The summed E-state index contributed by atoms with van der Waals surface area (Å²) in [6.45, 7) is 0. The third-order valence-electron chi connectivity index (χ3n) is 10.4. The first kappa shape index (κ1) is 31.6. The summed E-state index contributed by atoms with van der Waals surface area (Å²) in [5.41, 5.74) is 14.4. The van der Waals surface area contributed by atoms with Gasteiger partial charge in [-0.05, 0) is 128 Å². The van der Waals surface area contributed by atoms with Gasteiger partial charge in [0.05, 0.1) is 0 Å². The standard InChI is InChI=1S/C52H35NO/c1-4-14-36(15-5-1)42-31-43(37-16-6-2-7-17-37)33-44(32-42)48-24-13-25-51-52(48)49-35-47(28-29-50(49)54-51)53(45-21-8-3-9-22-45)46-23-12-20-40(34-46)41-27-26-38-18-10-11-19-39(38)30-41/h1-35H. The van der Waals surface area contributed by atoms with Crippen molar-refractivity contribution in [2.45, 2.75) is 0 Å². The smallest absolute Gasteiger partial charge is 0.136 e. The van der Waals surface area contributed by atoms with Gasteiger partial charge in [-0.1, -0.05) is 140 Å². The lowest BCUT2D eigenvalue weighted by molar-refractivity contribution is 0.669. The highest BCUT2D eigenvalue weighted by atomic mass is 16.3. The van der Waals surface area contributed by atoms with Crippen molar-refractivity contribution >= 4 is 49.8 Å². The molecule has 54 heavy (non-hydrogen) atoms. The summed E-state index contributed by atoms with van der Waals surface area (Å²) in [6.07, 6.45) is 0. The van der Waals surface area contributed by atoms with Crippen LogP contribution in [0.2, 0.25) is 0 Å². The molecule has 0 saturated heterocycles. The Labute approximate surface area is 314 Å². The van der Waals surface area contributed by atoms with Gasteiger partial charge in [-0.25, -0.2) is 0 Å². The van der Waals surface area contributed by atoms with Gasteiger partial charge in [-0.3, -0.25) is 0 Å². The highest BCUT2D eigenvalue weighted by molar-refractivity contribution is 6.14. The van der Waals surface area contributed by atoms with E-state index >= 15 is 0 Å². The maximum Gasteiger partial charge on any atom is 0.136 e. The Morgan fingerprint density at radius 1 is 0.296 bits per heavy atom. The maximum atomic E-state index is 6.58. The van der Waals surface area contributed by atoms with Gasteiger partial charge in [-0.2, -0.15) is 0 Å². The number of hydrogen-bond acceptors (Lipinski definition) is 2. The van der Waals surface area contributed by atoms with E-state index in [0.717, 1.165) is 50.1 Å². The molecule has 0 fully saturated rings. The van der Waals surface area contributed by atoms with E-state index in [-0.39, 0.29) is 0 Å². The lowest BCUT2D eigenvalue weighted by Crippen LogP contribution is -2.09. The second-order valence-corrected chi connectivity index (χ2v) is 13.8. The van der Waals surface area contributed by atoms with Gasteiger partial charge in [-0.15, -0.1) is 0 Å². The second kappa shape index (κ2) is 13.4. The fraction of sp³-hybridized carbons (Fsp3) is 0. The SMILES string of the molecule is c1ccc(-c2cc(-c3ccccc3)cc(-c3cccc4oc5ccc(N(c6ccccc6)c6cccc(-c7ccc8ccccc8c7)c6)cc5c34)c2)cc1. The van der Waals surface area contributed by atoms with E-state index in [1.165, 1.54) is 44.2 Å². The molecule has 0 unspecified atom stereocenters. The molecule has 0 radical (unpaired) electrons. The number of anilines is 3. The van der Waals surface area contributed by atoms with Gasteiger partial charge in [0.25, 0.3) is 0 Å². The summed E-state index contributed by atoms with van der Waals surface area (Å²) in [5, 5.41) is 4.66. The van der Waals surface area contributed by atoms with Gasteiger partial charge in [0, 0.05) is 27.8 Å². The van der Waals surface area contributed by atoms with E-state index in [9.17, 15) is 0 Å². The molecule has 10 rings (SSSR count). The molecule has 254 valence electrons. The molecule has 2 heteroatoms. The zero-order valence-corrected chi connectivity index (χ0v) is 29.6. The van der Waals surface area contributed by atoms with E-state index in [4.69, 9.17) is 4.42 Å². The Balaban J connectivity index is 1.15. The van der Waals surface area contributed by atoms with Crippen molar-refractivity contribution in [2.75, 3.05) is 4.90 Å². The fourth-order valence-corrected chi connectivity index (χ4v) is 7.79. The van der Waals surface area contributed by atoms with Crippen LogP contribution >= 0.6 is 0 Å². The number of fused-ring (bicyclic) bond motifs is 4. The van der Waals surface area contributed by atoms with Crippen molar-refractivity contribution in [1.29, 1.82) is 0 Å². The summed E-state index contributed by atoms with van der Waals surface area (Å²) in [6, 6.07) is 75.9. The van der Waals surface area contributed by atoms with Crippen molar-refractivity contribution in [2.24, 2.45) is 0 Å². The van der Waals surface area contributed by atoms with Crippen LogP contribution < -0.4 is 4.90 Å². The van der Waals surface area contributed by atoms with Gasteiger partial charge in [0.15, 0.2) is 0 Å². The number of hydrogen-bond donors (Lipinski definition) is 0. The van der Waals surface area contributed by atoms with Crippen LogP contribution in [0.4, 0.5) is 17.1 Å². The maximum absolute atomic E-state index is 6.58. The second-order valence-electron chi connectivity index (χ2n) is 13.8. The third kappa shape index (κ3) is 5.81. The van der Waals surface area contributed by atoms with Crippen molar-refractivity contribution in [3.05, 3.63) is 212 Å². The molecule has 9 aromatic carbocycles. The third-order valence-corrected chi connectivity index (χ3v) is 10.4. The Hall–Kier alpha value is -7.16. The van der Waals surface area contributed by atoms with Crippen LogP contribution in [0.5, 0.6) is 0 Å². The first-order valence-corrected chi connectivity index (χ1v) is 18.4. The Kier molecular flexibility index (Phi) is 7.85. The van der Waals surface area contributed by atoms with Crippen LogP contribution in [0.15, 0.2) is 217 Å². The molecular weight excluding hydrogens is 655 g/mol. The minimum atomic E-state index is 0.863. The van der Waals surface area contributed by atoms with E-state index < -0.39 is 0 Å². The summed E-state index contributed by atoms with van der Waals surface area (Å²) in [4.78, 5) is 2.34. The van der Waals surface area contributed by atoms with Gasteiger partial charge < -0.3 is 9.32 Å². The molecule has 0 atom stereocenters. The molecule has 0 bridgehead atoms. The van der Waals surface area contributed by atoms with Crippen LogP contribution in [-0.2, 0) is 0 Å². The summed E-state index contributed by atoms with van der Waals surface area (Å²) in [7, 11) is 0. The lowest BCUT2D eigenvalue weighted by Gasteiger charge is -2.26. The van der Waals surface area contributed by atoms with E-state index in [1.807, 2.05) is 0 Å². The van der Waals surface area contributed by atoms with Gasteiger partial charge >= 0.3 is 0 Å². The molecule has 2 nitrogen and oxygen atoms in total. The molecule has 0 spiro atoms.